The predicted octanol–water partition coefficient (Wildman–Crippen LogP) is 1.79. The summed E-state index contributed by atoms with van der Waals surface area (Å²) in [5, 5.41) is 17.8. The second-order valence-electron chi connectivity index (χ2n) is 5.20. The van der Waals surface area contributed by atoms with Crippen molar-refractivity contribution in [2.75, 3.05) is 13.1 Å². The summed E-state index contributed by atoms with van der Waals surface area (Å²) in [6, 6.07) is 0.138. The van der Waals surface area contributed by atoms with E-state index in [2.05, 4.69) is 22.0 Å². The fraction of sp³-hybridized carbons (Fsp3) is 0.846. The van der Waals surface area contributed by atoms with Gasteiger partial charge < -0.3 is 9.52 Å². The quantitative estimate of drug-likeness (QED) is 0.886. The summed E-state index contributed by atoms with van der Waals surface area (Å²) in [6.45, 7) is 7.92. The summed E-state index contributed by atoms with van der Waals surface area (Å²) < 4.78 is 5.62. The highest BCUT2D eigenvalue weighted by Crippen LogP contribution is 2.27. The van der Waals surface area contributed by atoms with Crippen molar-refractivity contribution in [1.29, 1.82) is 0 Å². The summed E-state index contributed by atoms with van der Waals surface area (Å²) in [4.78, 5) is 2.33. The molecule has 0 bridgehead atoms. The molecule has 1 aromatic heterocycles. The Labute approximate surface area is 108 Å². The summed E-state index contributed by atoms with van der Waals surface area (Å²) in [6.07, 6.45) is 2.75. The van der Waals surface area contributed by atoms with Gasteiger partial charge in [-0.05, 0) is 39.2 Å². The molecule has 18 heavy (non-hydrogen) atoms. The van der Waals surface area contributed by atoms with Gasteiger partial charge in [0, 0.05) is 13.0 Å². The van der Waals surface area contributed by atoms with Crippen molar-refractivity contribution in [3.05, 3.63) is 11.8 Å². The Morgan fingerprint density at radius 3 is 2.83 bits per heavy atom. The van der Waals surface area contributed by atoms with Crippen LogP contribution in [0.3, 0.4) is 0 Å². The van der Waals surface area contributed by atoms with Crippen LogP contribution in [-0.4, -0.2) is 39.4 Å². The van der Waals surface area contributed by atoms with Gasteiger partial charge in [-0.2, -0.15) is 0 Å². The smallest absolute Gasteiger partial charge is 0.233 e. The molecule has 0 spiro atoms. The Morgan fingerprint density at radius 1 is 1.44 bits per heavy atom. The maximum atomic E-state index is 9.71. The number of hydrogen-bond donors (Lipinski definition) is 1. The third-order valence-electron chi connectivity index (χ3n) is 3.86. The molecule has 1 aliphatic rings. The number of nitrogens with zero attached hydrogens (tertiary/aromatic N) is 3. The van der Waals surface area contributed by atoms with E-state index < -0.39 is 0 Å². The Kier molecular flexibility index (Phi) is 4.35. The van der Waals surface area contributed by atoms with Crippen molar-refractivity contribution < 1.29 is 9.52 Å². The fourth-order valence-electron chi connectivity index (χ4n) is 2.52. The number of hydrogen-bond acceptors (Lipinski definition) is 5. The lowest BCUT2D eigenvalue weighted by Crippen LogP contribution is -2.40. The van der Waals surface area contributed by atoms with Gasteiger partial charge in [-0.25, -0.2) is 0 Å². The van der Waals surface area contributed by atoms with E-state index in [0.29, 0.717) is 17.7 Å². The molecule has 1 saturated heterocycles. The van der Waals surface area contributed by atoms with Gasteiger partial charge in [-0.1, -0.05) is 6.92 Å². The Morgan fingerprint density at radius 2 is 2.22 bits per heavy atom. The zero-order valence-corrected chi connectivity index (χ0v) is 11.5. The minimum absolute atomic E-state index is 0.138. The van der Waals surface area contributed by atoms with Crippen molar-refractivity contribution in [1.82, 2.24) is 15.1 Å². The van der Waals surface area contributed by atoms with Crippen LogP contribution >= 0.6 is 0 Å². The molecule has 1 aromatic rings. The molecular formula is C13H23N3O2. The molecule has 1 N–H and O–H groups in total. The molecule has 0 saturated carbocycles. The number of rotatable bonds is 4. The molecule has 5 heteroatoms. The third kappa shape index (κ3) is 2.90. The third-order valence-corrected chi connectivity index (χ3v) is 3.86. The molecular weight excluding hydrogens is 230 g/mol. The molecule has 0 radical (unpaired) electrons. The van der Waals surface area contributed by atoms with E-state index in [0.717, 1.165) is 32.4 Å². The first-order valence-electron chi connectivity index (χ1n) is 6.86. The highest BCUT2D eigenvalue weighted by atomic mass is 16.4. The van der Waals surface area contributed by atoms with Crippen molar-refractivity contribution >= 4 is 0 Å². The summed E-state index contributed by atoms with van der Waals surface area (Å²) in [7, 11) is 0. The molecule has 2 rings (SSSR count). The number of aliphatic hydroxyl groups is 1. The zero-order valence-electron chi connectivity index (χ0n) is 11.5. The molecule has 1 aliphatic heterocycles. The maximum absolute atomic E-state index is 9.71. The molecule has 0 amide bonds. The van der Waals surface area contributed by atoms with Crippen molar-refractivity contribution in [3.8, 4) is 0 Å². The highest BCUT2D eigenvalue weighted by Gasteiger charge is 2.29. The van der Waals surface area contributed by atoms with E-state index in [1.807, 2.05) is 13.8 Å². The monoisotopic (exact) mass is 253 g/mol. The van der Waals surface area contributed by atoms with Gasteiger partial charge in [-0.15, -0.1) is 10.2 Å². The van der Waals surface area contributed by atoms with Gasteiger partial charge in [0.1, 0.15) is 0 Å². The minimum Gasteiger partial charge on any atom is -0.424 e. The van der Waals surface area contributed by atoms with Crippen LogP contribution in [0.15, 0.2) is 4.42 Å². The van der Waals surface area contributed by atoms with Crippen LogP contribution in [0.4, 0.5) is 0 Å². The lowest BCUT2D eigenvalue weighted by molar-refractivity contribution is 0.0414. The first-order valence-corrected chi connectivity index (χ1v) is 6.86. The van der Waals surface area contributed by atoms with E-state index >= 15 is 0 Å². The summed E-state index contributed by atoms with van der Waals surface area (Å²) in [5.41, 5.74) is 0. The van der Waals surface area contributed by atoms with Crippen molar-refractivity contribution in [3.63, 3.8) is 0 Å². The molecule has 3 unspecified atom stereocenters. The predicted molar refractivity (Wildman–Crippen MR) is 68.1 cm³/mol. The largest absolute Gasteiger partial charge is 0.424 e. The molecule has 5 nitrogen and oxygen atoms in total. The minimum atomic E-state index is -0.242. The van der Waals surface area contributed by atoms with Crippen molar-refractivity contribution in [2.45, 2.75) is 52.2 Å². The van der Waals surface area contributed by atoms with E-state index in [1.165, 1.54) is 0 Å². The highest BCUT2D eigenvalue weighted by molar-refractivity contribution is 4.91. The summed E-state index contributed by atoms with van der Waals surface area (Å²) in [5.74, 6) is 1.74. The van der Waals surface area contributed by atoms with Gasteiger partial charge in [0.15, 0.2) is 0 Å². The summed E-state index contributed by atoms with van der Waals surface area (Å²) >= 11 is 0. The first-order chi connectivity index (χ1) is 8.61. The molecule has 102 valence electrons. The zero-order chi connectivity index (χ0) is 13.1. The lowest BCUT2D eigenvalue weighted by Gasteiger charge is -2.36. The van der Waals surface area contributed by atoms with Gasteiger partial charge in [0.25, 0.3) is 0 Å². The molecule has 1 fully saturated rings. The molecule has 3 atom stereocenters. The fourth-order valence-corrected chi connectivity index (χ4v) is 2.52. The van der Waals surface area contributed by atoms with Gasteiger partial charge >= 0.3 is 0 Å². The second-order valence-corrected chi connectivity index (χ2v) is 5.20. The lowest BCUT2D eigenvalue weighted by atomic mass is 9.92. The van der Waals surface area contributed by atoms with Gasteiger partial charge in [0.2, 0.25) is 11.8 Å². The van der Waals surface area contributed by atoms with Crippen LogP contribution in [0.1, 0.15) is 51.4 Å². The number of aromatic nitrogens is 2. The van der Waals surface area contributed by atoms with Crippen LogP contribution in [0.2, 0.25) is 0 Å². The normalized spacial score (nSPS) is 25.0. The molecule has 0 aliphatic carbocycles. The van der Waals surface area contributed by atoms with E-state index in [1.54, 1.807) is 0 Å². The van der Waals surface area contributed by atoms with Crippen molar-refractivity contribution in [2.24, 2.45) is 5.92 Å². The first kappa shape index (κ1) is 13.5. The van der Waals surface area contributed by atoms with E-state index in [4.69, 9.17) is 4.42 Å². The van der Waals surface area contributed by atoms with Gasteiger partial charge in [0.05, 0.1) is 12.1 Å². The number of piperidine rings is 1. The van der Waals surface area contributed by atoms with E-state index in [-0.39, 0.29) is 12.1 Å². The van der Waals surface area contributed by atoms with Crippen LogP contribution in [0.5, 0.6) is 0 Å². The van der Waals surface area contributed by atoms with Crippen LogP contribution in [-0.2, 0) is 6.42 Å². The average Bonchev–Trinajstić information content (AvgIpc) is 2.86. The Bertz CT molecular complexity index is 378. The van der Waals surface area contributed by atoms with Gasteiger partial charge in [-0.3, -0.25) is 4.90 Å². The molecule has 2 heterocycles. The number of likely N-dealkylation sites (tertiary alicyclic amines) is 1. The average molecular weight is 253 g/mol. The SMILES string of the molecule is CCc1nnc(C(C)N2CCCC(C(C)O)C2)o1. The number of aryl methyl sites for hydroxylation is 1. The van der Waals surface area contributed by atoms with Crippen LogP contribution < -0.4 is 0 Å². The standard InChI is InChI=1S/C13H23N3O2/c1-4-12-14-15-13(18-12)9(2)16-7-5-6-11(8-16)10(3)17/h9-11,17H,4-8H2,1-3H3. The second kappa shape index (κ2) is 5.80. The van der Waals surface area contributed by atoms with E-state index in [9.17, 15) is 5.11 Å². The number of aliphatic hydroxyl groups excluding tert-OH is 1. The topological polar surface area (TPSA) is 62.4 Å². The maximum Gasteiger partial charge on any atom is 0.233 e. The Hall–Kier alpha value is -0.940. The Balaban J connectivity index is 2.01. The molecule has 0 aromatic carbocycles. The van der Waals surface area contributed by atoms with Crippen LogP contribution in [0.25, 0.3) is 0 Å². The van der Waals surface area contributed by atoms with Crippen LogP contribution in [0, 0.1) is 5.92 Å².